The lowest BCUT2D eigenvalue weighted by Gasteiger charge is -2.33. The number of H-pyrrole nitrogens is 1. The van der Waals surface area contributed by atoms with Crippen LogP contribution < -0.4 is 10.3 Å². The molecule has 0 radical (unpaired) electrons. The molecule has 1 N–H and O–H groups in total. The number of ether oxygens (including phenoxy) is 1. The molecular formula is C28H34N6O2. The predicted octanol–water partition coefficient (Wildman–Crippen LogP) is 4.52. The summed E-state index contributed by atoms with van der Waals surface area (Å²) in [6.07, 6.45) is 5.95. The summed E-state index contributed by atoms with van der Waals surface area (Å²) in [6.45, 7) is 5.88. The number of fused-ring (bicyclic) bond motifs is 1. The third-order valence-corrected chi connectivity index (χ3v) is 7.43. The highest BCUT2D eigenvalue weighted by Crippen LogP contribution is 2.26. The Morgan fingerprint density at radius 1 is 1.03 bits per heavy atom. The molecule has 1 aliphatic carbocycles. The topological polar surface area (TPSA) is 88.9 Å². The molecule has 0 spiro atoms. The zero-order chi connectivity index (χ0) is 25.1. The maximum absolute atomic E-state index is 13.1. The number of benzene rings is 2. The molecule has 0 aliphatic heterocycles. The first-order chi connectivity index (χ1) is 17.5. The van der Waals surface area contributed by atoms with Crippen LogP contribution in [0.15, 0.2) is 47.3 Å². The molecule has 36 heavy (non-hydrogen) atoms. The van der Waals surface area contributed by atoms with Crippen LogP contribution in [0.5, 0.6) is 5.75 Å². The molecule has 0 amide bonds. The fourth-order valence-corrected chi connectivity index (χ4v) is 5.26. The molecule has 8 heteroatoms. The highest BCUT2D eigenvalue weighted by molar-refractivity contribution is 5.85. The van der Waals surface area contributed by atoms with Crippen molar-refractivity contribution in [2.45, 2.75) is 71.6 Å². The molecule has 1 saturated carbocycles. The second kappa shape index (κ2) is 10.6. The third-order valence-electron chi connectivity index (χ3n) is 7.43. The van der Waals surface area contributed by atoms with Gasteiger partial charge in [0.1, 0.15) is 5.75 Å². The average molecular weight is 487 g/mol. The summed E-state index contributed by atoms with van der Waals surface area (Å²) in [5.74, 6) is 1.63. The first kappa shape index (κ1) is 24.2. The van der Waals surface area contributed by atoms with E-state index in [1.807, 2.05) is 35.9 Å². The zero-order valence-electron chi connectivity index (χ0n) is 21.3. The number of aromatic nitrogens is 5. The standard InChI is InChI=1S/C28H34N6O2/c1-19-9-10-20(2)27-25(19)15-22(28(35)29-27)17-33(23-7-5-4-6-8-23)18-26-30-31-32-34(26)16-21-11-13-24(36-3)14-12-21/h9-15,23H,4-8,16-18H2,1-3H3,(H,29,35). The fourth-order valence-electron chi connectivity index (χ4n) is 5.26. The fraction of sp³-hybridized carbons (Fsp3) is 0.429. The summed E-state index contributed by atoms with van der Waals surface area (Å²) in [4.78, 5) is 18.7. The number of nitrogens with one attached hydrogen (secondary N) is 1. The average Bonchev–Trinajstić information content (AvgIpc) is 3.34. The Labute approximate surface area is 211 Å². The van der Waals surface area contributed by atoms with Gasteiger partial charge in [0, 0.05) is 23.5 Å². The van der Waals surface area contributed by atoms with Gasteiger partial charge in [-0.05, 0) is 72.0 Å². The van der Waals surface area contributed by atoms with Gasteiger partial charge in [0.15, 0.2) is 5.82 Å². The van der Waals surface area contributed by atoms with Crippen molar-refractivity contribution in [3.63, 3.8) is 0 Å². The van der Waals surface area contributed by atoms with Crippen LogP contribution in [0.1, 0.15) is 60.2 Å². The van der Waals surface area contributed by atoms with Crippen LogP contribution in [0.4, 0.5) is 0 Å². The monoisotopic (exact) mass is 486 g/mol. The minimum atomic E-state index is -0.0187. The van der Waals surface area contributed by atoms with E-state index in [-0.39, 0.29) is 5.56 Å². The highest BCUT2D eigenvalue weighted by atomic mass is 16.5. The van der Waals surface area contributed by atoms with Crippen LogP contribution in [-0.2, 0) is 19.6 Å². The van der Waals surface area contributed by atoms with Gasteiger partial charge in [0.25, 0.3) is 5.56 Å². The first-order valence-electron chi connectivity index (χ1n) is 12.8. The van der Waals surface area contributed by atoms with Crippen molar-refractivity contribution in [1.29, 1.82) is 0 Å². The normalized spacial score (nSPS) is 14.6. The number of rotatable bonds is 8. The van der Waals surface area contributed by atoms with Gasteiger partial charge < -0.3 is 9.72 Å². The molecule has 0 bridgehead atoms. The van der Waals surface area contributed by atoms with Crippen LogP contribution >= 0.6 is 0 Å². The van der Waals surface area contributed by atoms with Gasteiger partial charge in [-0.1, -0.05) is 43.5 Å². The van der Waals surface area contributed by atoms with Crippen molar-refractivity contribution in [3.05, 3.63) is 80.9 Å². The summed E-state index contributed by atoms with van der Waals surface area (Å²) >= 11 is 0. The molecule has 8 nitrogen and oxygen atoms in total. The van der Waals surface area contributed by atoms with Crippen molar-refractivity contribution in [1.82, 2.24) is 30.1 Å². The number of methoxy groups -OCH3 is 1. The number of pyridine rings is 1. The number of hydrogen-bond acceptors (Lipinski definition) is 6. The largest absolute Gasteiger partial charge is 0.497 e. The highest BCUT2D eigenvalue weighted by Gasteiger charge is 2.25. The van der Waals surface area contributed by atoms with Gasteiger partial charge in [-0.3, -0.25) is 9.69 Å². The number of aryl methyl sites for hydroxylation is 2. The van der Waals surface area contributed by atoms with Crippen LogP contribution in [-0.4, -0.2) is 43.2 Å². The van der Waals surface area contributed by atoms with E-state index in [4.69, 9.17) is 4.74 Å². The Balaban J connectivity index is 1.43. The van der Waals surface area contributed by atoms with Crippen molar-refractivity contribution in [2.75, 3.05) is 7.11 Å². The second-order valence-corrected chi connectivity index (χ2v) is 9.91. The maximum atomic E-state index is 13.1. The quantitative estimate of drug-likeness (QED) is 0.394. The lowest BCUT2D eigenvalue weighted by atomic mass is 9.93. The van der Waals surface area contributed by atoms with Gasteiger partial charge in [0.2, 0.25) is 0 Å². The Morgan fingerprint density at radius 3 is 2.53 bits per heavy atom. The van der Waals surface area contributed by atoms with Crippen LogP contribution in [0, 0.1) is 13.8 Å². The lowest BCUT2D eigenvalue weighted by molar-refractivity contribution is 0.134. The van der Waals surface area contributed by atoms with E-state index in [1.165, 1.54) is 24.8 Å². The molecule has 4 aromatic rings. The second-order valence-electron chi connectivity index (χ2n) is 9.91. The van der Waals surface area contributed by atoms with Gasteiger partial charge in [-0.2, -0.15) is 0 Å². The van der Waals surface area contributed by atoms with E-state index in [9.17, 15) is 4.79 Å². The summed E-state index contributed by atoms with van der Waals surface area (Å²) < 4.78 is 7.13. The zero-order valence-corrected chi connectivity index (χ0v) is 21.3. The molecule has 0 saturated heterocycles. The number of aromatic amines is 1. The number of hydrogen-bond donors (Lipinski definition) is 1. The van der Waals surface area contributed by atoms with Crippen LogP contribution in [0.3, 0.4) is 0 Å². The van der Waals surface area contributed by atoms with Gasteiger partial charge >= 0.3 is 0 Å². The molecule has 0 atom stereocenters. The third kappa shape index (κ3) is 5.18. The lowest BCUT2D eigenvalue weighted by Crippen LogP contribution is -2.38. The predicted molar refractivity (Wildman–Crippen MR) is 140 cm³/mol. The Bertz CT molecular complexity index is 1390. The summed E-state index contributed by atoms with van der Waals surface area (Å²) in [5.41, 5.74) is 5.05. The molecule has 1 aliphatic rings. The molecule has 188 valence electrons. The molecular weight excluding hydrogens is 452 g/mol. The van der Waals surface area contributed by atoms with E-state index >= 15 is 0 Å². The summed E-state index contributed by atoms with van der Waals surface area (Å²) in [6, 6.07) is 14.6. The van der Waals surface area contributed by atoms with Crippen molar-refractivity contribution in [3.8, 4) is 5.75 Å². The Morgan fingerprint density at radius 2 is 1.78 bits per heavy atom. The van der Waals surface area contributed by atoms with E-state index in [2.05, 4.69) is 50.5 Å². The maximum Gasteiger partial charge on any atom is 0.252 e. The Kier molecular flexibility index (Phi) is 7.13. The van der Waals surface area contributed by atoms with Gasteiger partial charge in [-0.15, -0.1) is 5.10 Å². The number of nitrogens with zero attached hydrogens (tertiary/aromatic N) is 5. The number of tetrazole rings is 1. The van der Waals surface area contributed by atoms with Crippen LogP contribution in [0.25, 0.3) is 10.9 Å². The van der Waals surface area contributed by atoms with Crippen LogP contribution in [0.2, 0.25) is 0 Å². The van der Waals surface area contributed by atoms with Crippen molar-refractivity contribution < 1.29 is 4.74 Å². The molecule has 5 rings (SSSR count). The molecule has 2 heterocycles. The molecule has 0 unspecified atom stereocenters. The smallest absolute Gasteiger partial charge is 0.252 e. The van der Waals surface area contributed by atoms with E-state index in [0.29, 0.717) is 25.7 Å². The SMILES string of the molecule is COc1ccc(Cn2nnnc2CN(Cc2cc3c(C)ccc(C)c3[nH]c2=O)C2CCCCC2)cc1. The first-order valence-corrected chi connectivity index (χ1v) is 12.8. The minimum Gasteiger partial charge on any atom is -0.497 e. The van der Waals surface area contributed by atoms with Crippen molar-refractivity contribution in [2.24, 2.45) is 0 Å². The molecule has 1 fully saturated rings. The van der Waals surface area contributed by atoms with Gasteiger partial charge in [-0.25, -0.2) is 4.68 Å². The summed E-state index contributed by atoms with van der Waals surface area (Å²) in [7, 11) is 1.66. The van der Waals surface area contributed by atoms with E-state index in [0.717, 1.165) is 52.0 Å². The van der Waals surface area contributed by atoms with Gasteiger partial charge in [0.05, 0.1) is 25.7 Å². The van der Waals surface area contributed by atoms with E-state index in [1.54, 1.807) is 7.11 Å². The Hall–Kier alpha value is -3.52. The van der Waals surface area contributed by atoms with E-state index < -0.39 is 0 Å². The molecule has 2 aromatic carbocycles. The minimum absolute atomic E-state index is 0.0187. The summed E-state index contributed by atoms with van der Waals surface area (Å²) in [5, 5.41) is 13.7. The molecule has 2 aromatic heterocycles. The van der Waals surface area contributed by atoms with Crippen molar-refractivity contribution >= 4 is 10.9 Å².